The van der Waals surface area contributed by atoms with E-state index in [4.69, 9.17) is 4.98 Å². The van der Waals surface area contributed by atoms with Crippen molar-refractivity contribution in [3.05, 3.63) is 52.4 Å². The molecule has 0 bridgehead atoms. The molecule has 0 aliphatic carbocycles. The summed E-state index contributed by atoms with van der Waals surface area (Å²) in [6, 6.07) is 6.14. The molecule has 30 heavy (non-hydrogen) atoms. The van der Waals surface area contributed by atoms with Gasteiger partial charge in [0.2, 0.25) is 5.91 Å². The van der Waals surface area contributed by atoms with E-state index in [1.54, 1.807) is 4.52 Å². The van der Waals surface area contributed by atoms with Crippen LogP contribution < -0.4 is 0 Å². The van der Waals surface area contributed by atoms with E-state index >= 15 is 0 Å². The maximum atomic E-state index is 13.1. The number of aromatic amines is 1. The van der Waals surface area contributed by atoms with Gasteiger partial charge < -0.3 is 9.88 Å². The van der Waals surface area contributed by atoms with Crippen molar-refractivity contribution in [3.8, 4) is 0 Å². The quantitative estimate of drug-likeness (QED) is 0.567. The first-order valence-electron chi connectivity index (χ1n) is 10.4. The van der Waals surface area contributed by atoms with Crippen LogP contribution in [0.15, 0.2) is 18.2 Å². The molecule has 0 saturated carbocycles. The predicted molar refractivity (Wildman–Crippen MR) is 113 cm³/mol. The number of aryl methyl sites for hydroxylation is 4. The van der Waals surface area contributed by atoms with Crippen molar-refractivity contribution in [2.45, 2.75) is 53.0 Å². The Hall–Kier alpha value is -3.29. The van der Waals surface area contributed by atoms with Crippen molar-refractivity contribution < 1.29 is 4.79 Å². The van der Waals surface area contributed by atoms with E-state index in [1.165, 1.54) is 11.1 Å². The highest BCUT2D eigenvalue weighted by Gasteiger charge is 2.32. The molecule has 8 nitrogen and oxygen atoms in total. The number of benzene rings is 1. The SMILES string of the molecule is Cc1cc(C)n2nc(CC(=O)N3CCC[C@H]3c3nc4cc(C)c(C)cc4[nH]3)nc2n1. The fourth-order valence-electron chi connectivity index (χ4n) is 4.32. The fraction of sp³-hybridized carbons (Fsp3) is 0.409. The van der Waals surface area contributed by atoms with E-state index in [2.05, 4.69) is 46.0 Å². The summed E-state index contributed by atoms with van der Waals surface area (Å²) in [7, 11) is 0. The van der Waals surface area contributed by atoms with Crippen molar-refractivity contribution in [1.29, 1.82) is 0 Å². The number of aromatic nitrogens is 6. The van der Waals surface area contributed by atoms with E-state index in [1.807, 2.05) is 24.8 Å². The van der Waals surface area contributed by atoms with Gasteiger partial charge in [0.15, 0.2) is 5.82 Å². The Balaban J connectivity index is 1.41. The number of nitrogens with one attached hydrogen (secondary N) is 1. The first kappa shape index (κ1) is 18.7. The van der Waals surface area contributed by atoms with Crippen LogP contribution in [-0.2, 0) is 11.2 Å². The third-order valence-corrected chi connectivity index (χ3v) is 5.98. The maximum absolute atomic E-state index is 13.1. The zero-order valence-electron chi connectivity index (χ0n) is 17.7. The highest BCUT2D eigenvalue weighted by atomic mass is 16.2. The number of fused-ring (bicyclic) bond motifs is 2. The molecule has 3 aromatic heterocycles. The number of likely N-dealkylation sites (tertiary alicyclic amines) is 1. The molecule has 1 saturated heterocycles. The number of hydrogen-bond acceptors (Lipinski definition) is 5. The standard InChI is InChI=1S/C22H25N7O/c1-12-8-16-17(9-13(12)2)25-21(24-16)18-6-5-7-28(18)20(30)11-19-26-22-23-14(3)10-15(4)29(22)27-19/h8-10,18H,5-7,11H2,1-4H3,(H,24,25)/t18-/m0/s1. The normalized spacial score (nSPS) is 16.8. The van der Waals surface area contributed by atoms with Gasteiger partial charge in [-0.1, -0.05) is 0 Å². The van der Waals surface area contributed by atoms with Crippen molar-refractivity contribution in [3.63, 3.8) is 0 Å². The lowest BCUT2D eigenvalue weighted by molar-refractivity contribution is -0.131. The van der Waals surface area contributed by atoms with Crippen LogP contribution in [0, 0.1) is 27.7 Å². The number of amides is 1. The molecule has 0 unspecified atom stereocenters. The van der Waals surface area contributed by atoms with Gasteiger partial charge in [0.25, 0.3) is 5.78 Å². The third-order valence-electron chi connectivity index (χ3n) is 5.98. The molecular weight excluding hydrogens is 378 g/mol. The molecule has 5 rings (SSSR count). The Labute approximate surface area is 174 Å². The molecular formula is C22H25N7O. The molecule has 1 amide bonds. The van der Waals surface area contributed by atoms with Crippen LogP contribution >= 0.6 is 0 Å². The van der Waals surface area contributed by atoms with Crippen molar-refractivity contribution in [2.24, 2.45) is 0 Å². The van der Waals surface area contributed by atoms with Gasteiger partial charge in [0.1, 0.15) is 5.82 Å². The molecule has 0 spiro atoms. The second-order valence-electron chi connectivity index (χ2n) is 8.28. The van der Waals surface area contributed by atoms with Crippen molar-refractivity contribution in [2.75, 3.05) is 6.54 Å². The average molecular weight is 403 g/mol. The number of imidazole rings is 1. The van der Waals surface area contributed by atoms with Gasteiger partial charge in [-0.25, -0.2) is 14.5 Å². The topological polar surface area (TPSA) is 92.1 Å². The molecule has 1 atom stereocenters. The average Bonchev–Trinajstić information content (AvgIpc) is 3.39. The summed E-state index contributed by atoms with van der Waals surface area (Å²) < 4.78 is 1.70. The Kier molecular flexibility index (Phi) is 4.30. The first-order chi connectivity index (χ1) is 14.4. The molecule has 4 heterocycles. The highest BCUT2D eigenvalue weighted by Crippen LogP contribution is 2.32. The summed E-state index contributed by atoms with van der Waals surface area (Å²) in [4.78, 5) is 32.2. The lowest BCUT2D eigenvalue weighted by Gasteiger charge is -2.22. The monoisotopic (exact) mass is 403 g/mol. The summed E-state index contributed by atoms with van der Waals surface area (Å²) in [5.74, 6) is 1.92. The van der Waals surface area contributed by atoms with E-state index in [0.717, 1.165) is 47.6 Å². The third kappa shape index (κ3) is 3.12. The molecule has 4 aromatic rings. The summed E-state index contributed by atoms with van der Waals surface area (Å²) in [5.41, 5.74) is 6.26. The number of rotatable bonds is 3. The molecule has 8 heteroatoms. The van der Waals surface area contributed by atoms with E-state index in [0.29, 0.717) is 11.6 Å². The zero-order chi connectivity index (χ0) is 21.0. The molecule has 1 fully saturated rings. The minimum Gasteiger partial charge on any atom is -0.340 e. The lowest BCUT2D eigenvalue weighted by atomic mass is 10.1. The number of H-pyrrole nitrogens is 1. The van der Waals surface area contributed by atoms with E-state index in [9.17, 15) is 4.79 Å². The Morgan fingerprint density at radius 3 is 2.73 bits per heavy atom. The number of carbonyl (C=O) groups excluding carboxylic acids is 1. The maximum Gasteiger partial charge on any atom is 0.252 e. The Bertz CT molecular complexity index is 1250. The van der Waals surface area contributed by atoms with Gasteiger partial charge in [0.05, 0.1) is 23.5 Å². The van der Waals surface area contributed by atoms with Crippen molar-refractivity contribution in [1.82, 2.24) is 34.4 Å². The Morgan fingerprint density at radius 2 is 1.90 bits per heavy atom. The predicted octanol–water partition coefficient (Wildman–Crippen LogP) is 3.14. The van der Waals surface area contributed by atoms with Crippen LogP contribution in [0.1, 0.15) is 53.0 Å². The van der Waals surface area contributed by atoms with Gasteiger partial charge >= 0.3 is 0 Å². The van der Waals surface area contributed by atoms with Crippen LogP contribution in [0.3, 0.4) is 0 Å². The first-order valence-corrected chi connectivity index (χ1v) is 10.4. The largest absolute Gasteiger partial charge is 0.340 e. The van der Waals surface area contributed by atoms with Crippen LogP contribution in [0.25, 0.3) is 16.8 Å². The zero-order valence-corrected chi connectivity index (χ0v) is 17.7. The molecule has 0 radical (unpaired) electrons. The second kappa shape index (κ2) is 6.90. The summed E-state index contributed by atoms with van der Waals surface area (Å²) in [5, 5.41) is 4.49. The van der Waals surface area contributed by atoms with Gasteiger partial charge in [-0.05, 0) is 69.9 Å². The fourth-order valence-corrected chi connectivity index (χ4v) is 4.32. The number of nitrogens with zero attached hydrogens (tertiary/aromatic N) is 6. The summed E-state index contributed by atoms with van der Waals surface area (Å²) >= 11 is 0. The Morgan fingerprint density at radius 1 is 1.10 bits per heavy atom. The molecule has 1 N–H and O–H groups in total. The van der Waals surface area contributed by atoms with E-state index in [-0.39, 0.29) is 18.4 Å². The van der Waals surface area contributed by atoms with Gasteiger partial charge in [-0.2, -0.15) is 4.98 Å². The van der Waals surface area contributed by atoms with Crippen LogP contribution in [0.2, 0.25) is 0 Å². The van der Waals surface area contributed by atoms with Gasteiger partial charge in [0, 0.05) is 17.9 Å². The molecule has 1 aliphatic rings. The number of hydrogen-bond donors (Lipinski definition) is 1. The molecule has 1 aliphatic heterocycles. The smallest absolute Gasteiger partial charge is 0.252 e. The van der Waals surface area contributed by atoms with Crippen LogP contribution in [0.5, 0.6) is 0 Å². The second-order valence-corrected chi connectivity index (χ2v) is 8.28. The van der Waals surface area contributed by atoms with Crippen LogP contribution in [0.4, 0.5) is 0 Å². The molecule has 154 valence electrons. The molecule has 1 aromatic carbocycles. The minimum absolute atomic E-state index is 0.0237. The van der Waals surface area contributed by atoms with Gasteiger partial charge in [-0.3, -0.25) is 4.79 Å². The van der Waals surface area contributed by atoms with Crippen LogP contribution in [-0.4, -0.2) is 46.9 Å². The van der Waals surface area contributed by atoms with Gasteiger partial charge in [-0.15, -0.1) is 5.10 Å². The lowest BCUT2D eigenvalue weighted by Crippen LogP contribution is -2.32. The van der Waals surface area contributed by atoms with E-state index < -0.39 is 0 Å². The summed E-state index contributed by atoms with van der Waals surface area (Å²) in [6.07, 6.45) is 2.03. The van der Waals surface area contributed by atoms with Crippen molar-refractivity contribution >= 4 is 22.7 Å². The number of carbonyl (C=O) groups is 1. The minimum atomic E-state index is -0.0374. The highest BCUT2D eigenvalue weighted by molar-refractivity contribution is 5.80. The summed E-state index contributed by atoms with van der Waals surface area (Å²) in [6.45, 7) is 8.80.